The molecule has 0 aromatic heterocycles. The van der Waals surface area contributed by atoms with Gasteiger partial charge in [0.2, 0.25) is 0 Å². The summed E-state index contributed by atoms with van der Waals surface area (Å²) in [7, 11) is 1.83. The van der Waals surface area contributed by atoms with Crippen LogP contribution in [0, 0.1) is 5.92 Å². The van der Waals surface area contributed by atoms with E-state index in [0.717, 1.165) is 38.0 Å². The third kappa shape index (κ3) is 4.48. The standard InChI is InChI=1S/C14H27N3O/c1-14(8-4-10-18-14)11-17-13(15-2)16-9-3-5-12-6-7-12/h12H,3-11H2,1-2H3,(H2,15,16,17). The minimum absolute atomic E-state index is 0.00830. The number of guanidine groups is 1. The van der Waals surface area contributed by atoms with Crippen LogP contribution in [-0.2, 0) is 4.74 Å². The van der Waals surface area contributed by atoms with Gasteiger partial charge >= 0.3 is 0 Å². The third-order valence-corrected chi connectivity index (χ3v) is 3.93. The van der Waals surface area contributed by atoms with Gasteiger partial charge in [-0.2, -0.15) is 0 Å². The van der Waals surface area contributed by atoms with E-state index in [1.165, 1.54) is 32.1 Å². The van der Waals surface area contributed by atoms with E-state index in [-0.39, 0.29) is 5.60 Å². The molecule has 1 heterocycles. The van der Waals surface area contributed by atoms with Gasteiger partial charge in [-0.05, 0) is 38.5 Å². The lowest BCUT2D eigenvalue weighted by Gasteiger charge is -2.24. The number of rotatable bonds is 6. The van der Waals surface area contributed by atoms with Crippen molar-refractivity contribution in [3.63, 3.8) is 0 Å². The van der Waals surface area contributed by atoms with Crippen LogP contribution in [0.2, 0.25) is 0 Å². The van der Waals surface area contributed by atoms with Gasteiger partial charge < -0.3 is 15.4 Å². The predicted octanol–water partition coefficient (Wildman–Crippen LogP) is 1.91. The molecule has 1 atom stereocenters. The Morgan fingerprint density at radius 3 is 2.83 bits per heavy atom. The number of ether oxygens (including phenoxy) is 1. The van der Waals surface area contributed by atoms with Crippen LogP contribution in [0.15, 0.2) is 4.99 Å². The molecule has 1 saturated heterocycles. The molecule has 18 heavy (non-hydrogen) atoms. The van der Waals surface area contributed by atoms with Crippen molar-refractivity contribution in [3.05, 3.63) is 0 Å². The van der Waals surface area contributed by atoms with Crippen LogP contribution in [0.5, 0.6) is 0 Å². The monoisotopic (exact) mass is 253 g/mol. The summed E-state index contributed by atoms with van der Waals surface area (Å²) in [6, 6.07) is 0. The Morgan fingerprint density at radius 1 is 1.39 bits per heavy atom. The average molecular weight is 253 g/mol. The minimum atomic E-state index is -0.00830. The van der Waals surface area contributed by atoms with Crippen molar-refractivity contribution in [1.29, 1.82) is 0 Å². The molecule has 0 bridgehead atoms. The Labute approximate surface area is 111 Å². The number of hydrogen-bond donors (Lipinski definition) is 2. The van der Waals surface area contributed by atoms with Crippen molar-refractivity contribution in [2.75, 3.05) is 26.7 Å². The van der Waals surface area contributed by atoms with Gasteiger partial charge in [-0.15, -0.1) is 0 Å². The maximum Gasteiger partial charge on any atom is 0.191 e. The molecule has 0 spiro atoms. The molecule has 2 aliphatic rings. The highest BCUT2D eigenvalue weighted by molar-refractivity contribution is 5.79. The first-order valence-electron chi connectivity index (χ1n) is 7.30. The predicted molar refractivity (Wildman–Crippen MR) is 74.9 cm³/mol. The highest BCUT2D eigenvalue weighted by Gasteiger charge is 2.29. The second-order valence-corrected chi connectivity index (χ2v) is 5.84. The number of hydrogen-bond acceptors (Lipinski definition) is 2. The maximum atomic E-state index is 5.76. The SMILES string of the molecule is CN=C(NCCCC1CC1)NCC1(C)CCCO1. The molecule has 2 rings (SSSR count). The third-order valence-electron chi connectivity index (χ3n) is 3.93. The lowest BCUT2D eigenvalue weighted by molar-refractivity contribution is 0.0243. The fourth-order valence-corrected chi connectivity index (χ4v) is 2.47. The Bertz CT molecular complexity index is 281. The summed E-state index contributed by atoms with van der Waals surface area (Å²) in [6.07, 6.45) is 7.82. The van der Waals surface area contributed by atoms with E-state index >= 15 is 0 Å². The van der Waals surface area contributed by atoms with Crippen LogP contribution in [0.4, 0.5) is 0 Å². The van der Waals surface area contributed by atoms with Crippen LogP contribution in [0.1, 0.15) is 45.4 Å². The van der Waals surface area contributed by atoms with Crippen LogP contribution < -0.4 is 10.6 Å². The lowest BCUT2D eigenvalue weighted by Crippen LogP contribution is -2.45. The van der Waals surface area contributed by atoms with Crippen molar-refractivity contribution in [2.24, 2.45) is 10.9 Å². The van der Waals surface area contributed by atoms with E-state index < -0.39 is 0 Å². The molecule has 2 fully saturated rings. The maximum absolute atomic E-state index is 5.76. The summed E-state index contributed by atoms with van der Waals surface area (Å²) in [5.74, 6) is 1.93. The fourth-order valence-electron chi connectivity index (χ4n) is 2.47. The molecule has 1 saturated carbocycles. The van der Waals surface area contributed by atoms with Crippen LogP contribution in [0.3, 0.4) is 0 Å². The van der Waals surface area contributed by atoms with E-state index in [9.17, 15) is 0 Å². The van der Waals surface area contributed by atoms with E-state index in [2.05, 4.69) is 22.5 Å². The quantitative estimate of drug-likeness (QED) is 0.432. The van der Waals surface area contributed by atoms with Gasteiger partial charge in [0.1, 0.15) is 0 Å². The van der Waals surface area contributed by atoms with E-state index in [1.54, 1.807) is 0 Å². The number of nitrogens with one attached hydrogen (secondary N) is 2. The largest absolute Gasteiger partial charge is 0.373 e. The number of aliphatic imine (C=N–C) groups is 1. The van der Waals surface area contributed by atoms with Crippen LogP contribution >= 0.6 is 0 Å². The summed E-state index contributed by atoms with van der Waals surface area (Å²) in [5.41, 5.74) is -0.00830. The second kappa shape index (κ2) is 6.41. The van der Waals surface area contributed by atoms with Crippen molar-refractivity contribution >= 4 is 5.96 Å². The van der Waals surface area contributed by atoms with Gasteiger partial charge in [0.25, 0.3) is 0 Å². The van der Waals surface area contributed by atoms with Gasteiger partial charge in [0, 0.05) is 26.7 Å². The zero-order valence-corrected chi connectivity index (χ0v) is 11.8. The average Bonchev–Trinajstić information content (AvgIpc) is 3.10. The molecule has 1 unspecified atom stereocenters. The van der Waals surface area contributed by atoms with Gasteiger partial charge in [0.15, 0.2) is 5.96 Å². The fraction of sp³-hybridized carbons (Fsp3) is 0.929. The Kier molecular flexibility index (Phi) is 4.87. The van der Waals surface area contributed by atoms with E-state index in [0.29, 0.717) is 0 Å². The van der Waals surface area contributed by atoms with Crippen molar-refractivity contribution in [3.8, 4) is 0 Å². The molecular formula is C14H27N3O. The van der Waals surface area contributed by atoms with Crippen molar-refractivity contribution in [1.82, 2.24) is 10.6 Å². The zero-order chi connectivity index (χ0) is 12.8. The molecule has 0 radical (unpaired) electrons. The molecule has 0 amide bonds. The van der Waals surface area contributed by atoms with Gasteiger partial charge in [-0.1, -0.05) is 12.8 Å². The molecule has 1 aliphatic heterocycles. The Hall–Kier alpha value is -0.770. The van der Waals surface area contributed by atoms with Gasteiger partial charge in [0.05, 0.1) is 5.60 Å². The Balaban J connectivity index is 1.59. The lowest BCUT2D eigenvalue weighted by atomic mass is 10.0. The molecule has 4 heteroatoms. The smallest absolute Gasteiger partial charge is 0.191 e. The molecule has 0 aromatic rings. The van der Waals surface area contributed by atoms with Crippen LogP contribution in [0.25, 0.3) is 0 Å². The topological polar surface area (TPSA) is 45.7 Å². The first-order chi connectivity index (χ1) is 8.72. The summed E-state index contributed by atoms with van der Waals surface area (Å²) < 4.78 is 5.76. The summed E-state index contributed by atoms with van der Waals surface area (Å²) in [4.78, 5) is 4.25. The normalized spacial score (nSPS) is 28.4. The number of nitrogens with zero attached hydrogens (tertiary/aromatic N) is 1. The first-order valence-corrected chi connectivity index (χ1v) is 7.30. The van der Waals surface area contributed by atoms with E-state index in [1.807, 2.05) is 7.05 Å². The van der Waals surface area contributed by atoms with Gasteiger partial charge in [-0.25, -0.2) is 0 Å². The molecule has 2 N–H and O–H groups in total. The van der Waals surface area contributed by atoms with Crippen molar-refractivity contribution in [2.45, 2.75) is 51.0 Å². The highest BCUT2D eigenvalue weighted by atomic mass is 16.5. The molecule has 0 aromatic carbocycles. The summed E-state index contributed by atoms with van der Waals surface area (Å²) in [5, 5.41) is 6.75. The highest BCUT2D eigenvalue weighted by Crippen LogP contribution is 2.33. The summed E-state index contributed by atoms with van der Waals surface area (Å²) in [6.45, 7) is 4.93. The molecule has 104 valence electrons. The molecule has 1 aliphatic carbocycles. The minimum Gasteiger partial charge on any atom is -0.373 e. The second-order valence-electron chi connectivity index (χ2n) is 5.84. The van der Waals surface area contributed by atoms with Gasteiger partial charge in [-0.3, -0.25) is 4.99 Å². The molecular weight excluding hydrogens is 226 g/mol. The van der Waals surface area contributed by atoms with Crippen LogP contribution in [-0.4, -0.2) is 38.3 Å². The zero-order valence-electron chi connectivity index (χ0n) is 11.8. The molecule has 4 nitrogen and oxygen atoms in total. The Morgan fingerprint density at radius 2 is 2.22 bits per heavy atom. The first kappa shape index (κ1) is 13.7. The summed E-state index contributed by atoms with van der Waals surface area (Å²) >= 11 is 0. The van der Waals surface area contributed by atoms with E-state index in [4.69, 9.17) is 4.74 Å². The van der Waals surface area contributed by atoms with Crippen molar-refractivity contribution < 1.29 is 4.74 Å².